The molecule has 0 aliphatic carbocycles. The van der Waals surface area contributed by atoms with Gasteiger partial charge >= 0.3 is 0 Å². The number of likely N-dealkylation sites (tertiary alicyclic amines) is 1. The molecule has 0 atom stereocenters. The molecule has 0 radical (unpaired) electrons. The lowest BCUT2D eigenvalue weighted by atomic mass is 9.89. The number of nitrogens with one attached hydrogen (secondary N) is 1. The summed E-state index contributed by atoms with van der Waals surface area (Å²) < 4.78 is 0. The molecule has 1 saturated heterocycles. The molecular formula is C22H26ClN3O2. The van der Waals surface area contributed by atoms with Crippen LogP contribution in [0.15, 0.2) is 36.4 Å². The van der Waals surface area contributed by atoms with Crippen molar-refractivity contribution in [3.8, 4) is 0 Å². The van der Waals surface area contributed by atoms with E-state index in [9.17, 15) is 9.59 Å². The summed E-state index contributed by atoms with van der Waals surface area (Å²) in [5.41, 5.74) is 2.90. The van der Waals surface area contributed by atoms with Crippen molar-refractivity contribution in [1.29, 1.82) is 0 Å². The highest BCUT2D eigenvalue weighted by Crippen LogP contribution is 2.30. The fourth-order valence-electron chi connectivity index (χ4n) is 3.58. The van der Waals surface area contributed by atoms with Crippen LogP contribution in [0.1, 0.15) is 64.7 Å². The van der Waals surface area contributed by atoms with Crippen LogP contribution in [0.5, 0.6) is 0 Å². The van der Waals surface area contributed by atoms with Gasteiger partial charge in [-0.1, -0.05) is 23.7 Å². The number of pyridine rings is 1. The molecule has 1 aliphatic rings. The first kappa shape index (κ1) is 20.3. The van der Waals surface area contributed by atoms with Gasteiger partial charge in [-0.25, -0.2) is 0 Å². The van der Waals surface area contributed by atoms with Gasteiger partial charge in [-0.15, -0.1) is 0 Å². The minimum Gasteiger partial charge on any atom is -0.350 e. The number of nitrogens with zero attached hydrogens (tertiary/aromatic N) is 2. The predicted molar refractivity (Wildman–Crippen MR) is 111 cm³/mol. The Labute approximate surface area is 171 Å². The Morgan fingerprint density at radius 1 is 1.11 bits per heavy atom. The van der Waals surface area contributed by atoms with E-state index in [0.717, 1.165) is 24.2 Å². The first-order chi connectivity index (χ1) is 13.4. The first-order valence-corrected chi connectivity index (χ1v) is 10.1. The molecule has 6 heteroatoms. The van der Waals surface area contributed by atoms with E-state index in [4.69, 9.17) is 11.6 Å². The molecule has 0 bridgehead atoms. The van der Waals surface area contributed by atoms with Crippen LogP contribution in [-0.2, 0) is 0 Å². The minimum absolute atomic E-state index is 0.0426. The summed E-state index contributed by atoms with van der Waals surface area (Å²) in [7, 11) is 0. The Hall–Kier alpha value is -2.40. The topological polar surface area (TPSA) is 62.3 Å². The molecule has 5 nitrogen and oxygen atoms in total. The fraction of sp³-hybridized carbons (Fsp3) is 0.409. The Bertz CT molecular complexity index is 874. The molecule has 1 fully saturated rings. The summed E-state index contributed by atoms with van der Waals surface area (Å²) in [6, 6.07) is 10.9. The maximum atomic E-state index is 12.8. The van der Waals surface area contributed by atoms with Crippen LogP contribution < -0.4 is 5.32 Å². The van der Waals surface area contributed by atoms with E-state index in [1.54, 1.807) is 12.1 Å². The van der Waals surface area contributed by atoms with Gasteiger partial charge in [0.2, 0.25) is 0 Å². The molecule has 3 rings (SSSR count). The number of amides is 2. The summed E-state index contributed by atoms with van der Waals surface area (Å²) in [5.74, 6) is 0.0224. The van der Waals surface area contributed by atoms with Crippen LogP contribution in [0.25, 0.3) is 0 Å². The standard InChI is InChI=1S/C22H26ClN3O2/c1-14(2)24-21(27)18-9-8-15(3)25-20(18)16-10-12-26(13-11-16)22(28)17-6-4-5-7-19(17)23/h4-9,14,16H,10-13H2,1-3H3,(H,24,27). The Balaban J connectivity index is 1.75. The zero-order chi connectivity index (χ0) is 20.3. The number of carbonyl (C=O) groups is 2. The van der Waals surface area contributed by atoms with Gasteiger partial charge in [-0.3, -0.25) is 14.6 Å². The summed E-state index contributed by atoms with van der Waals surface area (Å²) in [5, 5.41) is 3.43. The second-order valence-electron chi connectivity index (χ2n) is 7.56. The number of benzene rings is 1. The minimum atomic E-state index is -0.0907. The summed E-state index contributed by atoms with van der Waals surface area (Å²) in [6.45, 7) is 7.06. The van der Waals surface area contributed by atoms with E-state index in [1.807, 2.05) is 49.9 Å². The van der Waals surface area contributed by atoms with Crippen molar-refractivity contribution in [3.63, 3.8) is 0 Å². The lowest BCUT2D eigenvalue weighted by Gasteiger charge is -2.32. The molecule has 2 aromatic rings. The molecule has 28 heavy (non-hydrogen) atoms. The van der Waals surface area contributed by atoms with Crippen LogP contribution >= 0.6 is 11.6 Å². The van der Waals surface area contributed by atoms with Crippen molar-refractivity contribution in [1.82, 2.24) is 15.2 Å². The van der Waals surface area contributed by atoms with E-state index < -0.39 is 0 Å². The van der Waals surface area contributed by atoms with Crippen molar-refractivity contribution < 1.29 is 9.59 Å². The van der Waals surface area contributed by atoms with E-state index >= 15 is 0 Å². The zero-order valence-electron chi connectivity index (χ0n) is 16.5. The molecule has 0 spiro atoms. The summed E-state index contributed by atoms with van der Waals surface area (Å²) in [4.78, 5) is 31.9. The Morgan fingerprint density at radius 2 is 1.79 bits per heavy atom. The number of carbonyl (C=O) groups excluding carboxylic acids is 2. The number of hydrogen-bond donors (Lipinski definition) is 1. The smallest absolute Gasteiger partial charge is 0.255 e. The van der Waals surface area contributed by atoms with Crippen molar-refractivity contribution in [3.05, 3.63) is 63.9 Å². The molecule has 2 amide bonds. The zero-order valence-corrected chi connectivity index (χ0v) is 17.3. The summed E-state index contributed by atoms with van der Waals surface area (Å²) in [6.07, 6.45) is 1.54. The van der Waals surface area contributed by atoms with Crippen molar-refractivity contribution in [2.24, 2.45) is 0 Å². The molecule has 1 aromatic heterocycles. The number of rotatable bonds is 4. The lowest BCUT2D eigenvalue weighted by molar-refractivity contribution is 0.0710. The number of aryl methyl sites for hydroxylation is 1. The van der Waals surface area contributed by atoms with Gasteiger partial charge in [0.15, 0.2) is 0 Å². The maximum absolute atomic E-state index is 12.8. The van der Waals surface area contributed by atoms with Gasteiger partial charge in [0.1, 0.15) is 0 Å². The fourth-order valence-corrected chi connectivity index (χ4v) is 3.80. The number of hydrogen-bond acceptors (Lipinski definition) is 3. The highest BCUT2D eigenvalue weighted by Gasteiger charge is 2.29. The average molecular weight is 400 g/mol. The Morgan fingerprint density at radius 3 is 2.43 bits per heavy atom. The lowest BCUT2D eigenvalue weighted by Crippen LogP contribution is -2.39. The normalized spacial score (nSPS) is 15.0. The monoisotopic (exact) mass is 399 g/mol. The molecule has 1 aliphatic heterocycles. The van der Waals surface area contributed by atoms with Crippen molar-refractivity contribution in [2.75, 3.05) is 13.1 Å². The van der Waals surface area contributed by atoms with Crippen LogP contribution in [0.4, 0.5) is 0 Å². The van der Waals surface area contributed by atoms with Gasteiger partial charge in [-0.05, 0) is 57.9 Å². The first-order valence-electron chi connectivity index (χ1n) is 9.69. The van der Waals surface area contributed by atoms with Gasteiger partial charge in [0.25, 0.3) is 11.8 Å². The predicted octanol–water partition coefficient (Wildman–Crippen LogP) is 4.20. The highest BCUT2D eigenvalue weighted by atomic mass is 35.5. The summed E-state index contributed by atoms with van der Waals surface area (Å²) >= 11 is 6.18. The molecule has 1 aromatic carbocycles. The second-order valence-corrected chi connectivity index (χ2v) is 7.97. The quantitative estimate of drug-likeness (QED) is 0.837. The molecular weight excluding hydrogens is 374 g/mol. The SMILES string of the molecule is Cc1ccc(C(=O)NC(C)C)c(C2CCN(C(=O)c3ccccc3Cl)CC2)n1. The van der Waals surface area contributed by atoms with Gasteiger partial charge in [0.05, 0.1) is 21.8 Å². The van der Waals surface area contributed by atoms with Crippen molar-refractivity contribution >= 4 is 23.4 Å². The average Bonchev–Trinajstić information content (AvgIpc) is 2.67. The van der Waals surface area contributed by atoms with Gasteiger partial charge in [-0.2, -0.15) is 0 Å². The highest BCUT2D eigenvalue weighted by molar-refractivity contribution is 6.33. The Kier molecular flexibility index (Phi) is 6.35. The molecule has 0 unspecified atom stereocenters. The molecule has 148 valence electrons. The van der Waals surface area contributed by atoms with Crippen LogP contribution in [0, 0.1) is 6.92 Å². The molecule has 2 heterocycles. The third-order valence-corrected chi connectivity index (χ3v) is 5.33. The van der Waals surface area contributed by atoms with Crippen LogP contribution in [-0.4, -0.2) is 40.8 Å². The third-order valence-electron chi connectivity index (χ3n) is 5.00. The van der Waals surface area contributed by atoms with Crippen molar-refractivity contribution in [2.45, 2.75) is 45.6 Å². The van der Waals surface area contributed by atoms with E-state index in [-0.39, 0.29) is 23.8 Å². The van der Waals surface area contributed by atoms with E-state index in [1.165, 1.54) is 0 Å². The van der Waals surface area contributed by atoms with E-state index in [0.29, 0.717) is 29.2 Å². The van der Waals surface area contributed by atoms with Gasteiger partial charge < -0.3 is 10.2 Å². The third kappa shape index (κ3) is 4.53. The molecule has 1 N–H and O–H groups in total. The molecule has 0 saturated carbocycles. The maximum Gasteiger partial charge on any atom is 0.255 e. The van der Waals surface area contributed by atoms with Gasteiger partial charge in [0, 0.05) is 30.7 Å². The van der Waals surface area contributed by atoms with Crippen LogP contribution in [0.3, 0.4) is 0 Å². The van der Waals surface area contributed by atoms with Crippen LogP contribution in [0.2, 0.25) is 5.02 Å². The number of halogens is 1. The number of aromatic nitrogens is 1. The number of piperidine rings is 1. The van der Waals surface area contributed by atoms with E-state index in [2.05, 4.69) is 10.3 Å². The largest absolute Gasteiger partial charge is 0.350 e. The second kappa shape index (κ2) is 8.74.